The van der Waals surface area contributed by atoms with Crippen molar-refractivity contribution in [2.24, 2.45) is 0 Å². The summed E-state index contributed by atoms with van der Waals surface area (Å²) in [5.74, 6) is 0. The minimum absolute atomic E-state index is 0.388. The predicted octanol–water partition coefficient (Wildman–Crippen LogP) is 4.51. The molecule has 2 heterocycles. The minimum Gasteiger partial charge on any atom is -0.363 e. The fraction of sp³-hybridized carbons (Fsp3) is 0.267. The van der Waals surface area contributed by atoms with E-state index in [1.54, 1.807) is 0 Å². The molecule has 4 heteroatoms. The van der Waals surface area contributed by atoms with Crippen LogP contribution >= 0.6 is 27.3 Å². The van der Waals surface area contributed by atoms with E-state index in [0.717, 1.165) is 17.4 Å². The first-order valence-electron chi connectivity index (χ1n) is 6.23. The zero-order valence-electron chi connectivity index (χ0n) is 10.6. The molecule has 2 nitrogen and oxygen atoms in total. The van der Waals surface area contributed by atoms with Gasteiger partial charge in [-0.3, -0.25) is 0 Å². The second kappa shape index (κ2) is 4.99. The zero-order chi connectivity index (χ0) is 13.4. The van der Waals surface area contributed by atoms with Crippen LogP contribution in [0.1, 0.15) is 29.0 Å². The summed E-state index contributed by atoms with van der Waals surface area (Å²) in [6.45, 7) is 3.27. The topological polar surface area (TPSA) is 27.0 Å². The van der Waals surface area contributed by atoms with Gasteiger partial charge in [0.15, 0.2) is 0 Å². The number of hydrogen-bond donors (Lipinski definition) is 0. The van der Waals surface area contributed by atoms with Crippen molar-refractivity contribution in [3.63, 3.8) is 0 Å². The Bertz CT molecular complexity index is 656. The standard InChI is InChI=1S/C15H13BrN2S/c1-10-12-5-7-19-15(12)4-6-18(10)14-3-2-11(9-17)8-13(14)16/h2-3,5,7-8,10H,4,6H2,1H3. The zero-order valence-corrected chi connectivity index (χ0v) is 13.0. The molecule has 1 aliphatic rings. The van der Waals surface area contributed by atoms with Crippen molar-refractivity contribution in [1.29, 1.82) is 5.26 Å². The molecule has 0 bridgehead atoms. The molecule has 1 atom stereocenters. The van der Waals surface area contributed by atoms with Crippen molar-refractivity contribution >= 4 is 33.0 Å². The van der Waals surface area contributed by atoms with Crippen molar-refractivity contribution in [3.8, 4) is 6.07 Å². The van der Waals surface area contributed by atoms with E-state index in [4.69, 9.17) is 5.26 Å². The van der Waals surface area contributed by atoms with Crippen LogP contribution in [0.3, 0.4) is 0 Å². The summed E-state index contributed by atoms with van der Waals surface area (Å²) in [7, 11) is 0. The van der Waals surface area contributed by atoms with E-state index in [0.29, 0.717) is 11.6 Å². The van der Waals surface area contributed by atoms with Gasteiger partial charge >= 0.3 is 0 Å². The highest BCUT2D eigenvalue weighted by atomic mass is 79.9. The average molecular weight is 333 g/mol. The number of benzene rings is 1. The molecular formula is C15H13BrN2S. The maximum Gasteiger partial charge on any atom is 0.0992 e. The van der Waals surface area contributed by atoms with E-state index in [1.165, 1.54) is 16.1 Å². The maximum absolute atomic E-state index is 8.93. The Morgan fingerprint density at radius 2 is 2.26 bits per heavy atom. The maximum atomic E-state index is 8.93. The summed E-state index contributed by atoms with van der Waals surface area (Å²) >= 11 is 5.45. The summed E-state index contributed by atoms with van der Waals surface area (Å²) in [5.41, 5.74) is 3.30. The number of nitrogens with zero attached hydrogens (tertiary/aromatic N) is 2. The van der Waals surface area contributed by atoms with Crippen molar-refractivity contribution in [2.75, 3.05) is 11.4 Å². The smallest absolute Gasteiger partial charge is 0.0992 e. The van der Waals surface area contributed by atoms with E-state index in [9.17, 15) is 0 Å². The Morgan fingerprint density at radius 1 is 1.42 bits per heavy atom. The lowest BCUT2D eigenvalue weighted by atomic mass is 10.0. The number of rotatable bonds is 1. The van der Waals surface area contributed by atoms with Crippen LogP contribution < -0.4 is 4.90 Å². The molecule has 3 rings (SSSR count). The third-order valence-corrected chi connectivity index (χ3v) is 5.30. The van der Waals surface area contributed by atoms with Gasteiger partial charge in [-0.2, -0.15) is 5.26 Å². The van der Waals surface area contributed by atoms with Crippen molar-refractivity contribution in [1.82, 2.24) is 0 Å². The van der Waals surface area contributed by atoms with Gasteiger partial charge in [0.1, 0.15) is 0 Å². The molecule has 0 aliphatic carbocycles. The molecule has 96 valence electrons. The van der Waals surface area contributed by atoms with Gasteiger partial charge in [0.05, 0.1) is 23.4 Å². The Labute approximate surface area is 125 Å². The van der Waals surface area contributed by atoms with Crippen LogP contribution in [0, 0.1) is 11.3 Å². The Balaban J connectivity index is 1.98. The molecule has 1 aromatic carbocycles. The molecule has 19 heavy (non-hydrogen) atoms. The molecule has 1 unspecified atom stereocenters. The molecular weight excluding hydrogens is 320 g/mol. The highest BCUT2D eigenvalue weighted by molar-refractivity contribution is 9.10. The molecule has 0 amide bonds. The molecule has 0 spiro atoms. The number of nitriles is 1. The van der Waals surface area contributed by atoms with Crippen molar-refractivity contribution in [2.45, 2.75) is 19.4 Å². The summed E-state index contributed by atoms with van der Waals surface area (Å²) in [5, 5.41) is 11.1. The van der Waals surface area contributed by atoms with Gasteiger partial charge in [-0.25, -0.2) is 0 Å². The van der Waals surface area contributed by atoms with E-state index in [1.807, 2.05) is 29.5 Å². The van der Waals surface area contributed by atoms with Crippen LogP contribution in [0.15, 0.2) is 34.1 Å². The van der Waals surface area contributed by atoms with Crippen molar-refractivity contribution in [3.05, 3.63) is 50.1 Å². The molecule has 0 saturated carbocycles. The van der Waals surface area contributed by atoms with Crippen LogP contribution in [-0.4, -0.2) is 6.54 Å². The second-order valence-corrected chi connectivity index (χ2v) is 6.55. The van der Waals surface area contributed by atoms with Crippen LogP contribution in [0.5, 0.6) is 0 Å². The third-order valence-electron chi connectivity index (χ3n) is 3.66. The summed E-state index contributed by atoms with van der Waals surface area (Å²) < 4.78 is 0.997. The Kier molecular flexibility index (Phi) is 3.34. The number of thiophene rings is 1. The number of fused-ring (bicyclic) bond motifs is 1. The average Bonchev–Trinajstić information content (AvgIpc) is 2.89. The number of anilines is 1. The first-order valence-corrected chi connectivity index (χ1v) is 7.90. The second-order valence-electron chi connectivity index (χ2n) is 4.70. The number of hydrogen-bond acceptors (Lipinski definition) is 3. The van der Waals surface area contributed by atoms with E-state index in [2.05, 4.69) is 45.3 Å². The minimum atomic E-state index is 0.388. The fourth-order valence-electron chi connectivity index (χ4n) is 2.65. The summed E-state index contributed by atoms with van der Waals surface area (Å²) in [6, 6.07) is 10.6. The molecule has 0 fully saturated rings. The van der Waals surface area contributed by atoms with Gasteiger partial charge in [0, 0.05) is 15.9 Å². The lowest BCUT2D eigenvalue weighted by Gasteiger charge is -2.36. The number of halogens is 1. The van der Waals surface area contributed by atoms with Crippen molar-refractivity contribution < 1.29 is 0 Å². The largest absolute Gasteiger partial charge is 0.363 e. The highest BCUT2D eigenvalue weighted by Gasteiger charge is 2.25. The Morgan fingerprint density at radius 3 is 3.00 bits per heavy atom. The van der Waals surface area contributed by atoms with Gasteiger partial charge < -0.3 is 4.90 Å². The van der Waals surface area contributed by atoms with Crippen LogP contribution in [-0.2, 0) is 6.42 Å². The van der Waals surface area contributed by atoms with E-state index in [-0.39, 0.29) is 0 Å². The van der Waals surface area contributed by atoms with Crippen LogP contribution in [0.4, 0.5) is 5.69 Å². The monoisotopic (exact) mass is 332 g/mol. The molecule has 0 saturated heterocycles. The lowest BCUT2D eigenvalue weighted by molar-refractivity contribution is 0.632. The third kappa shape index (κ3) is 2.18. The fourth-order valence-corrected chi connectivity index (χ4v) is 4.22. The van der Waals surface area contributed by atoms with Gasteiger partial charge in [0.25, 0.3) is 0 Å². The van der Waals surface area contributed by atoms with Crippen LogP contribution in [0.2, 0.25) is 0 Å². The predicted molar refractivity (Wildman–Crippen MR) is 82.6 cm³/mol. The first-order chi connectivity index (χ1) is 9.20. The first kappa shape index (κ1) is 12.7. The van der Waals surface area contributed by atoms with Gasteiger partial charge in [0.2, 0.25) is 0 Å². The Hall–Kier alpha value is -1.31. The van der Waals surface area contributed by atoms with Crippen LogP contribution in [0.25, 0.3) is 0 Å². The summed E-state index contributed by atoms with van der Waals surface area (Å²) in [6.07, 6.45) is 1.10. The molecule has 1 aromatic heterocycles. The normalized spacial score (nSPS) is 17.9. The lowest BCUT2D eigenvalue weighted by Crippen LogP contribution is -2.33. The highest BCUT2D eigenvalue weighted by Crippen LogP contribution is 2.38. The molecule has 0 N–H and O–H groups in total. The molecule has 0 radical (unpaired) electrons. The van der Waals surface area contributed by atoms with E-state index >= 15 is 0 Å². The summed E-state index contributed by atoms with van der Waals surface area (Å²) in [4.78, 5) is 3.91. The molecule has 2 aromatic rings. The van der Waals surface area contributed by atoms with E-state index < -0.39 is 0 Å². The quantitative estimate of drug-likeness (QED) is 0.768. The van der Waals surface area contributed by atoms with Gasteiger partial charge in [-0.05, 0) is 64.5 Å². The molecule has 1 aliphatic heterocycles. The van der Waals surface area contributed by atoms with Gasteiger partial charge in [-0.1, -0.05) is 0 Å². The van der Waals surface area contributed by atoms with Gasteiger partial charge in [-0.15, -0.1) is 11.3 Å². The SMILES string of the molecule is CC1c2ccsc2CCN1c1ccc(C#N)cc1Br.